The Labute approximate surface area is 85.3 Å². The van der Waals surface area contributed by atoms with Gasteiger partial charge >= 0.3 is 0 Å². The van der Waals surface area contributed by atoms with Crippen molar-refractivity contribution in [2.24, 2.45) is 5.92 Å². The maximum Gasteiger partial charge on any atom is 0.0490 e. The summed E-state index contributed by atoms with van der Waals surface area (Å²) in [5.74, 6) is 0.887. The molecule has 0 unspecified atom stereocenters. The maximum atomic E-state index is 3.93. The monoisotopic (exact) mass is 193 g/mol. The molecule has 1 aromatic heterocycles. The summed E-state index contributed by atoms with van der Waals surface area (Å²) < 4.78 is 0. The number of H-pyrrole nitrogens is 1. The van der Waals surface area contributed by atoms with Crippen molar-refractivity contribution in [2.75, 3.05) is 0 Å². The molecule has 1 aliphatic rings. The van der Waals surface area contributed by atoms with Gasteiger partial charge in [-0.3, -0.25) is 5.10 Å². The Morgan fingerprint density at radius 3 is 3.00 bits per heavy atom. The Balaban J connectivity index is 1.74. The molecule has 0 radical (unpaired) electrons. The topological polar surface area (TPSA) is 40.7 Å². The van der Waals surface area contributed by atoms with Gasteiger partial charge in [0.1, 0.15) is 0 Å². The Kier molecular flexibility index (Phi) is 3.19. The molecule has 2 rings (SSSR count). The van der Waals surface area contributed by atoms with Gasteiger partial charge in [0.05, 0.1) is 0 Å². The number of hydrogen-bond acceptors (Lipinski definition) is 2. The second-order valence-corrected chi connectivity index (χ2v) is 4.30. The van der Waals surface area contributed by atoms with Crippen LogP contribution in [0.5, 0.6) is 0 Å². The van der Waals surface area contributed by atoms with E-state index in [1.165, 1.54) is 31.4 Å². The van der Waals surface area contributed by atoms with E-state index in [0.717, 1.165) is 12.5 Å². The van der Waals surface area contributed by atoms with Crippen molar-refractivity contribution in [2.45, 2.75) is 45.2 Å². The van der Waals surface area contributed by atoms with Crippen LogP contribution in [0.2, 0.25) is 0 Å². The Morgan fingerprint density at radius 2 is 2.36 bits per heavy atom. The molecule has 0 saturated heterocycles. The largest absolute Gasteiger partial charge is 0.308 e. The van der Waals surface area contributed by atoms with Gasteiger partial charge in [-0.2, -0.15) is 5.10 Å². The van der Waals surface area contributed by atoms with Crippen LogP contribution in [-0.2, 0) is 6.54 Å². The van der Waals surface area contributed by atoms with Crippen molar-refractivity contribution in [3.05, 3.63) is 18.0 Å². The number of hydrogen-bond donors (Lipinski definition) is 2. The van der Waals surface area contributed by atoms with Crippen LogP contribution >= 0.6 is 0 Å². The van der Waals surface area contributed by atoms with E-state index in [1.54, 1.807) is 6.20 Å². The second kappa shape index (κ2) is 4.60. The fourth-order valence-electron chi connectivity index (χ4n) is 2.28. The molecule has 1 fully saturated rings. The van der Waals surface area contributed by atoms with Crippen molar-refractivity contribution < 1.29 is 0 Å². The molecule has 1 aliphatic carbocycles. The first-order chi connectivity index (χ1) is 6.86. The third kappa shape index (κ3) is 2.35. The van der Waals surface area contributed by atoms with Gasteiger partial charge in [-0.05, 0) is 31.7 Å². The van der Waals surface area contributed by atoms with E-state index in [9.17, 15) is 0 Å². The highest BCUT2D eigenvalue weighted by Gasteiger charge is 2.20. The molecule has 0 aliphatic heterocycles. The maximum absolute atomic E-state index is 3.93. The van der Waals surface area contributed by atoms with E-state index in [0.29, 0.717) is 6.04 Å². The van der Waals surface area contributed by atoms with Crippen LogP contribution in [0.25, 0.3) is 0 Å². The summed E-state index contributed by atoms with van der Waals surface area (Å²) in [5, 5.41) is 10.5. The van der Waals surface area contributed by atoms with Gasteiger partial charge in [0, 0.05) is 24.5 Å². The average Bonchev–Trinajstić information content (AvgIpc) is 2.87. The highest BCUT2D eigenvalue weighted by Crippen LogP contribution is 2.27. The van der Waals surface area contributed by atoms with Gasteiger partial charge in [0.25, 0.3) is 0 Å². The van der Waals surface area contributed by atoms with E-state index < -0.39 is 0 Å². The second-order valence-electron chi connectivity index (χ2n) is 4.30. The lowest BCUT2D eigenvalue weighted by Crippen LogP contribution is -2.31. The predicted molar refractivity (Wildman–Crippen MR) is 56.8 cm³/mol. The minimum Gasteiger partial charge on any atom is -0.308 e. The Morgan fingerprint density at radius 1 is 1.57 bits per heavy atom. The molecule has 0 spiro atoms. The Bertz CT molecular complexity index is 250. The highest BCUT2D eigenvalue weighted by molar-refractivity contribution is 4.97. The normalized spacial score (nSPS) is 20.1. The van der Waals surface area contributed by atoms with Crippen LogP contribution in [0.1, 0.15) is 38.3 Å². The molecule has 1 atom stereocenters. The first-order valence-corrected chi connectivity index (χ1v) is 5.58. The number of aromatic nitrogens is 2. The predicted octanol–water partition coefficient (Wildman–Crippen LogP) is 2.08. The molecule has 1 saturated carbocycles. The molecule has 2 N–H and O–H groups in total. The third-order valence-electron chi connectivity index (χ3n) is 3.28. The molecule has 3 nitrogen and oxygen atoms in total. The summed E-state index contributed by atoms with van der Waals surface area (Å²) >= 11 is 0. The molecule has 1 aromatic rings. The van der Waals surface area contributed by atoms with Crippen LogP contribution in [-0.4, -0.2) is 16.2 Å². The van der Waals surface area contributed by atoms with E-state index in [2.05, 4.69) is 22.4 Å². The van der Waals surface area contributed by atoms with E-state index in [4.69, 9.17) is 0 Å². The molecule has 3 heteroatoms. The minimum absolute atomic E-state index is 0.640. The zero-order valence-electron chi connectivity index (χ0n) is 8.79. The van der Waals surface area contributed by atoms with Crippen LogP contribution in [0.3, 0.4) is 0 Å². The van der Waals surface area contributed by atoms with Crippen molar-refractivity contribution in [1.29, 1.82) is 0 Å². The van der Waals surface area contributed by atoms with Crippen LogP contribution in [0.4, 0.5) is 0 Å². The molecule has 14 heavy (non-hydrogen) atoms. The SMILES string of the molecule is C[C@H](NCc1ccn[nH]1)C1CCCC1. The van der Waals surface area contributed by atoms with E-state index in [1.807, 2.05) is 6.07 Å². The summed E-state index contributed by atoms with van der Waals surface area (Å²) in [5.41, 5.74) is 1.18. The molecule has 0 aromatic carbocycles. The van der Waals surface area contributed by atoms with Gasteiger partial charge in [-0.25, -0.2) is 0 Å². The van der Waals surface area contributed by atoms with Gasteiger partial charge in [0.15, 0.2) is 0 Å². The lowest BCUT2D eigenvalue weighted by atomic mass is 10.00. The van der Waals surface area contributed by atoms with Gasteiger partial charge in [0.2, 0.25) is 0 Å². The quantitative estimate of drug-likeness (QED) is 0.768. The molecule has 1 heterocycles. The average molecular weight is 193 g/mol. The standard InChI is InChI=1S/C11H19N3/c1-9(10-4-2-3-5-10)12-8-11-6-7-13-14-11/h6-7,9-10,12H,2-5,8H2,1H3,(H,13,14)/t9-/m0/s1. The smallest absolute Gasteiger partial charge is 0.0490 e. The van der Waals surface area contributed by atoms with Crippen molar-refractivity contribution >= 4 is 0 Å². The number of rotatable bonds is 4. The van der Waals surface area contributed by atoms with Gasteiger partial charge < -0.3 is 5.32 Å². The number of nitrogens with zero attached hydrogens (tertiary/aromatic N) is 1. The fourth-order valence-corrected chi connectivity index (χ4v) is 2.28. The highest BCUT2D eigenvalue weighted by atomic mass is 15.1. The summed E-state index contributed by atoms with van der Waals surface area (Å²) in [7, 11) is 0. The summed E-state index contributed by atoms with van der Waals surface area (Å²) in [6.07, 6.45) is 7.44. The van der Waals surface area contributed by atoms with Gasteiger partial charge in [-0.1, -0.05) is 12.8 Å². The van der Waals surface area contributed by atoms with Crippen molar-refractivity contribution in [1.82, 2.24) is 15.5 Å². The molecule has 0 bridgehead atoms. The lowest BCUT2D eigenvalue weighted by Gasteiger charge is -2.19. The van der Waals surface area contributed by atoms with E-state index >= 15 is 0 Å². The fraction of sp³-hybridized carbons (Fsp3) is 0.727. The lowest BCUT2D eigenvalue weighted by molar-refractivity contribution is 0.379. The first kappa shape index (κ1) is 9.71. The molecule has 78 valence electrons. The van der Waals surface area contributed by atoms with Crippen LogP contribution < -0.4 is 5.32 Å². The minimum atomic E-state index is 0.640. The molecular formula is C11H19N3. The van der Waals surface area contributed by atoms with E-state index in [-0.39, 0.29) is 0 Å². The summed E-state index contributed by atoms with van der Waals surface area (Å²) in [6.45, 7) is 3.21. The van der Waals surface area contributed by atoms with Crippen molar-refractivity contribution in [3.63, 3.8) is 0 Å². The van der Waals surface area contributed by atoms with Crippen molar-refractivity contribution in [3.8, 4) is 0 Å². The molecule has 0 amide bonds. The third-order valence-corrected chi connectivity index (χ3v) is 3.28. The zero-order chi connectivity index (χ0) is 9.80. The molecular weight excluding hydrogens is 174 g/mol. The first-order valence-electron chi connectivity index (χ1n) is 5.58. The summed E-state index contributed by atoms with van der Waals surface area (Å²) in [6, 6.07) is 2.66. The van der Waals surface area contributed by atoms with Crippen LogP contribution in [0, 0.1) is 5.92 Å². The number of aromatic amines is 1. The van der Waals surface area contributed by atoms with Gasteiger partial charge in [-0.15, -0.1) is 0 Å². The summed E-state index contributed by atoms with van der Waals surface area (Å²) in [4.78, 5) is 0. The Hall–Kier alpha value is -0.830. The van der Waals surface area contributed by atoms with Crippen LogP contribution in [0.15, 0.2) is 12.3 Å². The number of nitrogens with one attached hydrogen (secondary N) is 2. The zero-order valence-corrected chi connectivity index (χ0v) is 8.79.